The van der Waals surface area contributed by atoms with Crippen molar-refractivity contribution < 1.29 is 24.2 Å². The second kappa shape index (κ2) is 9.69. The third-order valence-electron chi connectivity index (χ3n) is 5.45. The average molecular weight is 424 g/mol. The summed E-state index contributed by atoms with van der Waals surface area (Å²) in [4.78, 5) is 27.5. The van der Waals surface area contributed by atoms with Gasteiger partial charge in [0.2, 0.25) is 0 Å². The number of benzene rings is 2. The number of aliphatic hydroxyl groups excluding tert-OH is 1. The van der Waals surface area contributed by atoms with Crippen molar-refractivity contribution in [2.45, 2.75) is 39.7 Å². The number of carbonyl (C=O) groups is 2. The van der Waals surface area contributed by atoms with Crippen LogP contribution in [-0.4, -0.2) is 42.0 Å². The highest BCUT2D eigenvalue weighted by molar-refractivity contribution is 6.46. The molecule has 1 saturated heterocycles. The van der Waals surface area contributed by atoms with Crippen LogP contribution in [0.4, 0.5) is 0 Å². The maximum atomic E-state index is 13.0. The lowest BCUT2D eigenvalue weighted by Crippen LogP contribution is -2.30. The van der Waals surface area contributed by atoms with Gasteiger partial charge in [-0.05, 0) is 61.7 Å². The Kier molecular flexibility index (Phi) is 7.00. The van der Waals surface area contributed by atoms with Gasteiger partial charge < -0.3 is 19.5 Å². The number of unbranched alkanes of at least 4 members (excludes halogenated alkanes) is 1. The van der Waals surface area contributed by atoms with Crippen LogP contribution in [0.2, 0.25) is 0 Å². The minimum Gasteiger partial charge on any atom is -0.507 e. The number of ketones is 1. The smallest absolute Gasteiger partial charge is 0.295 e. The van der Waals surface area contributed by atoms with Crippen LogP contribution in [0.25, 0.3) is 5.76 Å². The molecule has 3 rings (SSSR count). The molecule has 31 heavy (non-hydrogen) atoms. The van der Waals surface area contributed by atoms with Gasteiger partial charge in [0.15, 0.2) is 0 Å². The quantitative estimate of drug-likeness (QED) is 0.381. The molecular formula is C25H29NO5. The fraction of sp³-hybridized carbons (Fsp3) is 0.360. The summed E-state index contributed by atoms with van der Waals surface area (Å²) in [5.41, 5.74) is 2.13. The number of methoxy groups -OCH3 is 1. The van der Waals surface area contributed by atoms with Crippen molar-refractivity contribution in [1.29, 1.82) is 0 Å². The Labute approximate surface area is 183 Å². The third-order valence-corrected chi connectivity index (χ3v) is 5.45. The fourth-order valence-corrected chi connectivity index (χ4v) is 3.87. The molecule has 1 fully saturated rings. The first-order valence-electron chi connectivity index (χ1n) is 10.6. The van der Waals surface area contributed by atoms with Gasteiger partial charge in [-0.1, -0.05) is 25.5 Å². The lowest BCUT2D eigenvalue weighted by Gasteiger charge is -2.25. The number of rotatable bonds is 8. The lowest BCUT2D eigenvalue weighted by atomic mass is 9.94. The van der Waals surface area contributed by atoms with Crippen molar-refractivity contribution in [3.63, 3.8) is 0 Å². The fourth-order valence-electron chi connectivity index (χ4n) is 3.87. The molecule has 1 heterocycles. The Morgan fingerprint density at radius 1 is 1.13 bits per heavy atom. The van der Waals surface area contributed by atoms with E-state index < -0.39 is 17.7 Å². The molecule has 1 aliphatic rings. The summed E-state index contributed by atoms with van der Waals surface area (Å²) in [5, 5.41) is 11.2. The number of nitrogens with zero attached hydrogens (tertiary/aromatic N) is 1. The molecule has 2 aromatic carbocycles. The summed E-state index contributed by atoms with van der Waals surface area (Å²) in [5.74, 6) is -0.114. The number of Topliss-reactive ketones (excluding diaryl/α,β-unsaturated/α-hetero) is 1. The molecule has 1 atom stereocenters. The predicted octanol–water partition coefficient (Wildman–Crippen LogP) is 4.62. The van der Waals surface area contributed by atoms with Gasteiger partial charge in [0.25, 0.3) is 11.7 Å². The molecule has 0 spiro atoms. The summed E-state index contributed by atoms with van der Waals surface area (Å²) in [6.45, 7) is 6.77. The second-order valence-corrected chi connectivity index (χ2v) is 7.54. The van der Waals surface area contributed by atoms with E-state index in [9.17, 15) is 14.7 Å². The number of aryl methyl sites for hydroxylation is 1. The monoisotopic (exact) mass is 423 g/mol. The van der Waals surface area contributed by atoms with Gasteiger partial charge in [0.05, 0.1) is 25.3 Å². The van der Waals surface area contributed by atoms with Crippen LogP contribution in [0.3, 0.4) is 0 Å². The summed E-state index contributed by atoms with van der Waals surface area (Å²) in [6, 6.07) is 11.8. The van der Waals surface area contributed by atoms with Crippen LogP contribution in [-0.2, 0) is 9.59 Å². The molecule has 0 aliphatic carbocycles. The molecule has 1 aliphatic heterocycles. The summed E-state index contributed by atoms with van der Waals surface area (Å²) in [7, 11) is 1.57. The standard InChI is InChI=1S/C25H29NO5/c1-5-7-13-26-22(17-9-8-10-19(15-17)30-4)21(24(28)25(26)29)23(27)18-11-12-20(31-6-2)16(3)14-18/h8-12,14-15,22,27H,5-7,13H2,1-4H3/b23-21-. The normalized spacial score (nSPS) is 17.8. The van der Waals surface area contributed by atoms with Crippen LogP contribution in [0, 0.1) is 6.92 Å². The molecule has 0 radical (unpaired) electrons. The van der Waals surface area contributed by atoms with Crippen LogP contribution in [0.15, 0.2) is 48.0 Å². The molecule has 1 amide bonds. The first kappa shape index (κ1) is 22.4. The zero-order valence-electron chi connectivity index (χ0n) is 18.5. The summed E-state index contributed by atoms with van der Waals surface area (Å²) >= 11 is 0. The van der Waals surface area contributed by atoms with Crippen LogP contribution in [0.1, 0.15) is 49.4 Å². The average Bonchev–Trinajstić information content (AvgIpc) is 3.03. The Bertz CT molecular complexity index is 1010. The number of likely N-dealkylation sites (tertiary alicyclic amines) is 1. The minimum absolute atomic E-state index is 0.0953. The summed E-state index contributed by atoms with van der Waals surface area (Å²) < 4.78 is 10.9. The predicted molar refractivity (Wildman–Crippen MR) is 119 cm³/mol. The van der Waals surface area contributed by atoms with Gasteiger partial charge >= 0.3 is 0 Å². The molecular weight excluding hydrogens is 394 g/mol. The number of carbonyl (C=O) groups excluding carboxylic acids is 2. The van der Waals surface area contributed by atoms with E-state index in [1.54, 1.807) is 42.3 Å². The highest BCUT2D eigenvalue weighted by Gasteiger charge is 2.45. The van der Waals surface area contributed by atoms with Crippen molar-refractivity contribution in [2.24, 2.45) is 0 Å². The zero-order valence-corrected chi connectivity index (χ0v) is 18.5. The summed E-state index contributed by atoms with van der Waals surface area (Å²) in [6.07, 6.45) is 1.64. The van der Waals surface area contributed by atoms with E-state index in [-0.39, 0.29) is 11.3 Å². The molecule has 0 bridgehead atoms. The van der Waals surface area contributed by atoms with Gasteiger partial charge in [-0.3, -0.25) is 9.59 Å². The molecule has 164 valence electrons. The Morgan fingerprint density at radius 2 is 1.90 bits per heavy atom. The van der Waals surface area contributed by atoms with Crippen molar-refractivity contribution >= 4 is 17.4 Å². The molecule has 6 heteroatoms. The zero-order chi connectivity index (χ0) is 22.5. The van der Waals surface area contributed by atoms with Crippen LogP contribution in [0.5, 0.6) is 11.5 Å². The van der Waals surface area contributed by atoms with Gasteiger partial charge in [0, 0.05) is 12.1 Å². The lowest BCUT2D eigenvalue weighted by molar-refractivity contribution is -0.139. The van der Waals surface area contributed by atoms with Crippen molar-refractivity contribution in [3.8, 4) is 11.5 Å². The topological polar surface area (TPSA) is 76.1 Å². The highest BCUT2D eigenvalue weighted by Crippen LogP contribution is 2.40. The Balaban J connectivity index is 2.15. The molecule has 0 saturated carbocycles. The maximum absolute atomic E-state index is 13.0. The van der Waals surface area contributed by atoms with E-state index >= 15 is 0 Å². The van der Waals surface area contributed by atoms with E-state index in [4.69, 9.17) is 9.47 Å². The Hall–Kier alpha value is -3.28. The first-order valence-corrected chi connectivity index (χ1v) is 10.6. The van der Waals surface area contributed by atoms with Crippen molar-refractivity contribution in [1.82, 2.24) is 4.90 Å². The largest absolute Gasteiger partial charge is 0.507 e. The van der Waals surface area contributed by atoms with E-state index in [0.29, 0.717) is 30.2 Å². The number of aliphatic hydroxyl groups is 1. The molecule has 6 nitrogen and oxygen atoms in total. The van der Waals surface area contributed by atoms with Crippen LogP contribution >= 0.6 is 0 Å². The van der Waals surface area contributed by atoms with Crippen molar-refractivity contribution in [3.05, 3.63) is 64.7 Å². The van der Waals surface area contributed by atoms with Gasteiger partial charge in [-0.25, -0.2) is 0 Å². The van der Waals surface area contributed by atoms with E-state index in [2.05, 4.69) is 0 Å². The number of hydrogen-bond acceptors (Lipinski definition) is 5. The van der Waals surface area contributed by atoms with E-state index in [1.165, 1.54) is 0 Å². The second-order valence-electron chi connectivity index (χ2n) is 7.54. The van der Waals surface area contributed by atoms with Gasteiger partial charge in [-0.2, -0.15) is 0 Å². The molecule has 2 aromatic rings. The molecule has 1 unspecified atom stereocenters. The number of hydrogen-bond donors (Lipinski definition) is 1. The molecule has 1 N–H and O–H groups in total. The maximum Gasteiger partial charge on any atom is 0.295 e. The van der Waals surface area contributed by atoms with E-state index in [0.717, 1.165) is 24.0 Å². The first-order chi connectivity index (χ1) is 14.9. The SMILES string of the molecule is CCCCN1C(=O)C(=O)/C(=C(\O)c2ccc(OCC)c(C)c2)C1c1cccc(OC)c1. The highest BCUT2D eigenvalue weighted by atomic mass is 16.5. The molecule has 0 aromatic heterocycles. The number of ether oxygens (including phenoxy) is 2. The van der Waals surface area contributed by atoms with E-state index in [1.807, 2.05) is 32.9 Å². The third kappa shape index (κ3) is 4.43. The number of amides is 1. The van der Waals surface area contributed by atoms with Crippen LogP contribution < -0.4 is 9.47 Å². The van der Waals surface area contributed by atoms with Crippen molar-refractivity contribution in [2.75, 3.05) is 20.3 Å². The minimum atomic E-state index is -0.673. The van der Waals surface area contributed by atoms with Gasteiger partial charge in [-0.15, -0.1) is 0 Å². The van der Waals surface area contributed by atoms with Gasteiger partial charge in [0.1, 0.15) is 17.3 Å². The Morgan fingerprint density at radius 3 is 2.55 bits per heavy atom.